The van der Waals surface area contributed by atoms with Crippen LogP contribution in [0, 0.1) is 0 Å². The molecular weight excluding hydrogens is 288 g/mol. The Kier molecular flexibility index (Phi) is 4.34. The van der Waals surface area contributed by atoms with Crippen LogP contribution in [0.15, 0.2) is 41.4 Å². The summed E-state index contributed by atoms with van der Waals surface area (Å²) in [4.78, 5) is 0.198. The molecule has 0 spiro atoms. The van der Waals surface area contributed by atoms with Crippen molar-refractivity contribution in [1.29, 1.82) is 0 Å². The van der Waals surface area contributed by atoms with E-state index < -0.39 is 10.0 Å². The van der Waals surface area contributed by atoms with Crippen molar-refractivity contribution < 1.29 is 8.42 Å². The lowest BCUT2D eigenvalue weighted by molar-refractivity contribution is 0.539. The summed E-state index contributed by atoms with van der Waals surface area (Å²) in [6, 6.07) is 8.12. The van der Waals surface area contributed by atoms with Gasteiger partial charge >= 0.3 is 0 Å². The van der Waals surface area contributed by atoms with Gasteiger partial charge in [-0.2, -0.15) is 5.10 Å². The van der Waals surface area contributed by atoms with Crippen molar-refractivity contribution in [2.45, 2.75) is 37.8 Å². The zero-order valence-corrected chi connectivity index (χ0v) is 13.1. The topological polar surface area (TPSA) is 90.0 Å². The van der Waals surface area contributed by atoms with Crippen molar-refractivity contribution in [3.05, 3.63) is 42.1 Å². The van der Waals surface area contributed by atoms with Gasteiger partial charge in [-0.05, 0) is 38.5 Å². The molecular formula is C14H20N4O2S. The summed E-state index contributed by atoms with van der Waals surface area (Å²) in [5, 5.41) is 4.10. The molecule has 6 nitrogen and oxygen atoms in total. The monoisotopic (exact) mass is 308 g/mol. The van der Waals surface area contributed by atoms with Gasteiger partial charge in [-0.25, -0.2) is 13.1 Å². The number of hydrogen-bond acceptors (Lipinski definition) is 4. The average Bonchev–Trinajstić information content (AvgIpc) is 2.86. The molecule has 0 saturated heterocycles. The number of rotatable bonds is 5. The zero-order chi connectivity index (χ0) is 15.6. The second-order valence-corrected chi connectivity index (χ2v) is 6.90. The summed E-state index contributed by atoms with van der Waals surface area (Å²) in [6.07, 6.45) is 1.57. The maximum Gasteiger partial charge on any atom is 0.263 e. The van der Waals surface area contributed by atoms with Gasteiger partial charge in [-0.15, -0.1) is 0 Å². The van der Waals surface area contributed by atoms with E-state index in [1.165, 1.54) is 0 Å². The van der Waals surface area contributed by atoms with Crippen molar-refractivity contribution in [2.75, 3.05) is 4.72 Å². The number of benzene rings is 1. The van der Waals surface area contributed by atoms with Gasteiger partial charge in [0.05, 0.1) is 11.1 Å². The van der Waals surface area contributed by atoms with E-state index in [-0.39, 0.29) is 17.0 Å². The van der Waals surface area contributed by atoms with Crippen LogP contribution < -0.4 is 10.5 Å². The Labute approximate surface area is 125 Å². The SMILES string of the molecule is CC(N)c1ccc(S(=O)(=O)Nc2ccnn2C(C)C)cc1. The summed E-state index contributed by atoms with van der Waals surface area (Å²) in [6.45, 7) is 5.72. The van der Waals surface area contributed by atoms with Crippen molar-refractivity contribution in [3.63, 3.8) is 0 Å². The van der Waals surface area contributed by atoms with Crippen LogP contribution in [0.5, 0.6) is 0 Å². The van der Waals surface area contributed by atoms with E-state index in [2.05, 4.69) is 9.82 Å². The third kappa shape index (κ3) is 3.43. The molecule has 0 aliphatic heterocycles. The number of nitrogens with zero attached hydrogens (tertiary/aromatic N) is 2. The minimum Gasteiger partial charge on any atom is -0.324 e. The van der Waals surface area contributed by atoms with Crippen LogP contribution in [0.25, 0.3) is 0 Å². The Morgan fingerprint density at radius 1 is 1.14 bits per heavy atom. The standard InChI is InChI=1S/C14H20N4O2S/c1-10(2)18-14(8-9-16-18)17-21(19,20)13-6-4-12(5-7-13)11(3)15/h4-11,17H,15H2,1-3H3. The lowest BCUT2D eigenvalue weighted by atomic mass is 10.1. The quantitative estimate of drug-likeness (QED) is 0.886. The van der Waals surface area contributed by atoms with Crippen LogP contribution in [0.1, 0.15) is 38.4 Å². The second-order valence-electron chi connectivity index (χ2n) is 5.22. The molecule has 114 valence electrons. The van der Waals surface area contributed by atoms with E-state index in [9.17, 15) is 8.42 Å². The maximum absolute atomic E-state index is 12.4. The van der Waals surface area contributed by atoms with E-state index >= 15 is 0 Å². The molecule has 0 fully saturated rings. The first-order chi connectivity index (χ1) is 9.81. The highest BCUT2D eigenvalue weighted by Gasteiger charge is 2.17. The molecule has 1 aromatic carbocycles. The molecule has 0 aliphatic carbocycles. The first-order valence-electron chi connectivity index (χ1n) is 6.73. The van der Waals surface area contributed by atoms with Gasteiger partial charge in [0.1, 0.15) is 5.82 Å². The van der Waals surface area contributed by atoms with E-state index in [0.717, 1.165) is 5.56 Å². The predicted octanol–water partition coefficient (Wildman–Crippen LogP) is 2.28. The Hall–Kier alpha value is -1.86. The molecule has 7 heteroatoms. The Morgan fingerprint density at radius 3 is 2.29 bits per heavy atom. The normalized spacial score (nSPS) is 13.4. The maximum atomic E-state index is 12.4. The van der Waals surface area contributed by atoms with Crippen molar-refractivity contribution >= 4 is 15.8 Å². The van der Waals surface area contributed by atoms with Gasteiger partial charge in [-0.1, -0.05) is 12.1 Å². The molecule has 0 radical (unpaired) electrons. The summed E-state index contributed by atoms with van der Waals surface area (Å²) < 4.78 is 28.9. The fraction of sp³-hybridized carbons (Fsp3) is 0.357. The number of anilines is 1. The van der Waals surface area contributed by atoms with E-state index in [0.29, 0.717) is 5.82 Å². The van der Waals surface area contributed by atoms with Crippen molar-refractivity contribution in [1.82, 2.24) is 9.78 Å². The third-order valence-electron chi connectivity index (χ3n) is 3.11. The van der Waals surface area contributed by atoms with Crippen LogP contribution in [-0.4, -0.2) is 18.2 Å². The molecule has 0 amide bonds. The van der Waals surface area contributed by atoms with Crippen LogP contribution in [0.2, 0.25) is 0 Å². The lowest BCUT2D eigenvalue weighted by Crippen LogP contribution is -2.17. The molecule has 3 N–H and O–H groups in total. The average molecular weight is 308 g/mol. The highest BCUT2D eigenvalue weighted by Crippen LogP contribution is 2.20. The number of nitrogens with one attached hydrogen (secondary N) is 1. The number of aromatic nitrogens is 2. The van der Waals surface area contributed by atoms with E-state index in [1.807, 2.05) is 20.8 Å². The molecule has 1 atom stereocenters. The van der Waals surface area contributed by atoms with Crippen molar-refractivity contribution in [3.8, 4) is 0 Å². The highest BCUT2D eigenvalue weighted by atomic mass is 32.2. The molecule has 21 heavy (non-hydrogen) atoms. The highest BCUT2D eigenvalue weighted by molar-refractivity contribution is 7.92. The van der Waals surface area contributed by atoms with Crippen LogP contribution in [-0.2, 0) is 10.0 Å². The van der Waals surface area contributed by atoms with Gasteiger partial charge in [0.15, 0.2) is 0 Å². The fourth-order valence-electron chi connectivity index (χ4n) is 1.95. The first kappa shape index (κ1) is 15.5. The molecule has 2 aromatic rings. The van der Waals surface area contributed by atoms with Crippen molar-refractivity contribution in [2.24, 2.45) is 5.73 Å². The third-order valence-corrected chi connectivity index (χ3v) is 4.49. The minimum absolute atomic E-state index is 0.0677. The molecule has 1 unspecified atom stereocenters. The second kappa shape index (κ2) is 5.87. The van der Waals surface area contributed by atoms with E-state index in [4.69, 9.17) is 5.73 Å². The number of sulfonamides is 1. The molecule has 0 saturated carbocycles. The summed E-state index contributed by atoms with van der Waals surface area (Å²) in [5.41, 5.74) is 6.65. The minimum atomic E-state index is -3.63. The smallest absolute Gasteiger partial charge is 0.263 e. The van der Waals surface area contributed by atoms with Gasteiger partial charge in [0.25, 0.3) is 10.0 Å². The molecule has 1 heterocycles. The Morgan fingerprint density at radius 2 is 1.76 bits per heavy atom. The van der Waals surface area contributed by atoms with E-state index in [1.54, 1.807) is 41.2 Å². The Bertz CT molecular complexity index is 703. The zero-order valence-electron chi connectivity index (χ0n) is 12.3. The molecule has 1 aromatic heterocycles. The van der Waals surface area contributed by atoms with Gasteiger partial charge in [0.2, 0.25) is 0 Å². The molecule has 0 aliphatic rings. The van der Waals surface area contributed by atoms with Gasteiger partial charge in [0, 0.05) is 18.2 Å². The molecule has 0 bridgehead atoms. The van der Waals surface area contributed by atoms with Crippen LogP contribution in [0.4, 0.5) is 5.82 Å². The lowest BCUT2D eigenvalue weighted by Gasteiger charge is -2.13. The summed E-state index contributed by atoms with van der Waals surface area (Å²) in [7, 11) is -3.63. The summed E-state index contributed by atoms with van der Waals surface area (Å²) >= 11 is 0. The largest absolute Gasteiger partial charge is 0.324 e. The van der Waals surface area contributed by atoms with Crippen LogP contribution in [0.3, 0.4) is 0 Å². The number of hydrogen-bond donors (Lipinski definition) is 2. The van der Waals surface area contributed by atoms with Gasteiger partial charge in [-0.3, -0.25) is 4.72 Å². The number of nitrogens with two attached hydrogens (primary N) is 1. The molecule has 2 rings (SSSR count). The Balaban J connectivity index is 2.28. The van der Waals surface area contributed by atoms with Gasteiger partial charge < -0.3 is 5.73 Å². The van der Waals surface area contributed by atoms with Crippen LogP contribution >= 0.6 is 0 Å². The first-order valence-corrected chi connectivity index (χ1v) is 8.21. The predicted molar refractivity (Wildman–Crippen MR) is 82.5 cm³/mol. The summed E-state index contributed by atoms with van der Waals surface area (Å²) in [5.74, 6) is 0.446. The fourth-order valence-corrected chi connectivity index (χ4v) is 3.00.